The standard InChI is InChI=1S/C8H7BrClNO2/c1-4-6(8(12)13-2)5(9)3-11-7(4)10/h3H,1-2H3. The first kappa shape index (κ1) is 10.5. The molecule has 0 N–H and O–H groups in total. The van der Waals surface area contributed by atoms with E-state index in [4.69, 9.17) is 11.6 Å². The molecule has 0 saturated heterocycles. The zero-order valence-electron chi connectivity index (χ0n) is 7.10. The summed E-state index contributed by atoms with van der Waals surface area (Å²) in [6, 6.07) is 0. The Morgan fingerprint density at radius 2 is 2.31 bits per heavy atom. The van der Waals surface area contributed by atoms with Crippen molar-refractivity contribution >= 4 is 33.5 Å². The average molecular weight is 265 g/mol. The largest absolute Gasteiger partial charge is 0.465 e. The van der Waals surface area contributed by atoms with Gasteiger partial charge in [0.2, 0.25) is 0 Å². The van der Waals surface area contributed by atoms with Crippen molar-refractivity contribution in [2.75, 3.05) is 7.11 Å². The lowest BCUT2D eigenvalue weighted by molar-refractivity contribution is 0.0598. The SMILES string of the molecule is COC(=O)c1c(Br)cnc(Cl)c1C. The molecule has 0 aromatic carbocycles. The van der Waals surface area contributed by atoms with Crippen LogP contribution in [0.1, 0.15) is 15.9 Å². The van der Waals surface area contributed by atoms with E-state index in [2.05, 4.69) is 25.7 Å². The quantitative estimate of drug-likeness (QED) is 0.578. The van der Waals surface area contributed by atoms with E-state index in [1.807, 2.05) is 0 Å². The number of halogens is 2. The summed E-state index contributed by atoms with van der Waals surface area (Å²) in [6.45, 7) is 1.71. The van der Waals surface area contributed by atoms with Crippen LogP contribution in [0.5, 0.6) is 0 Å². The number of aromatic nitrogens is 1. The van der Waals surface area contributed by atoms with E-state index in [1.165, 1.54) is 13.3 Å². The van der Waals surface area contributed by atoms with Crippen molar-refractivity contribution in [3.8, 4) is 0 Å². The molecule has 0 radical (unpaired) electrons. The van der Waals surface area contributed by atoms with Gasteiger partial charge in [0.25, 0.3) is 0 Å². The highest BCUT2D eigenvalue weighted by Gasteiger charge is 2.16. The van der Waals surface area contributed by atoms with Crippen molar-refractivity contribution in [3.63, 3.8) is 0 Å². The van der Waals surface area contributed by atoms with E-state index in [1.54, 1.807) is 6.92 Å². The van der Waals surface area contributed by atoms with Crippen LogP contribution >= 0.6 is 27.5 Å². The molecule has 1 aromatic rings. The molecule has 0 aliphatic carbocycles. The van der Waals surface area contributed by atoms with Gasteiger partial charge < -0.3 is 4.74 Å². The number of carbonyl (C=O) groups excluding carboxylic acids is 1. The maximum absolute atomic E-state index is 11.3. The van der Waals surface area contributed by atoms with Gasteiger partial charge in [-0.3, -0.25) is 0 Å². The molecule has 1 rings (SSSR count). The summed E-state index contributed by atoms with van der Waals surface area (Å²) in [5.74, 6) is -0.423. The number of methoxy groups -OCH3 is 1. The third kappa shape index (κ3) is 2.00. The maximum atomic E-state index is 11.3. The number of rotatable bonds is 1. The highest BCUT2D eigenvalue weighted by atomic mass is 79.9. The van der Waals surface area contributed by atoms with Crippen LogP contribution in [-0.2, 0) is 4.74 Å². The number of hydrogen-bond donors (Lipinski definition) is 0. The van der Waals surface area contributed by atoms with Crippen LogP contribution in [0.2, 0.25) is 5.15 Å². The van der Waals surface area contributed by atoms with Crippen LogP contribution in [0.3, 0.4) is 0 Å². The molecule has 0 aliphatic rings. The highest BCUT2D eigenvalue weighted by molar-refractivity contribution is 9.10. The summed E-state index contributed by atoms with van der Waals surface area (Å²) < 4.78 is 5.18. The zero-order valence-corrected chi connectivity index (χ0v) is 9.44. The number of ether oxygens (including phenoxy) is 1. The van der Waals surface area contributed by atoms with Gasteiger partial charge in [0.05, 0.1) is 17.1 Å². The molecule has 0 spiro atoms. The molecule has 70 valence electrons. The van der Waals surface area contributed by atoms with Gasteiger partial charge in [0.1, 0.15) is 5.15 Å². The number of carbonyl (C=O) groups is 1. The fourth-order valence-electron chi connectivity index (χ4n) is 0.910. The number of esters is 1. The van der Waals surface area contributed by atoms with Gasteiger partial charge in [-0.2, -0.15) is 0 Å². The van der Waals surface area contributed by atoms with E-state index >= 15 is 0 Å². The molecule has 0 amide bonds. The van der Waals surface area contributed by atoms with Gasteiger partial charge in [-0.1, -0.05) is 11.6 Å². The van der Waals surface area contributed by atoms with Crippen LogP contribution in [0.4, 0.5) is 0 Å². The van der Waals surface area contributed by atoms with E-state index in [9.17, 15) is 4.79 Å². The molecule has 0 fully saturated rings. The molecule has 5 heteroatoms. The summed E-state index contributed by atoms with van der Waals surface area (Å²) in [7, 11) is 1.32. The van der Waals surface area contributed by atoms with Crippen molar-refractivity contribution in [3.05, 3.63) is 26.9 Å². The van der Waals surface area contributed by atoms with Gasteiger partial charge >= 0.3 is 5.97 Å². The number of hydrogen-bond acceptors (Lipinski definition) is 3. The van der Waals surface area contributed by atoms with E-state index in [-0.39, 0.29) is 0 Å². The van der Waals surface area contributed by atoms with Crippen LogP contribution in [-0.4, -0.2) is 18.1 Å². The van der Waals surface area contributed by atoms with Crippen molar-refractivity contribution < 1.29 is 9.53 Å². The molecule has 13 heavy (non-hydrogen) atoms. The van der Waals surface area contributed by atoms with Gasteiger partial charge in [-0.25, -0.2) is 9.78 Å². The van der Waals surface area contributed by atoms with E-state index in [0.29, 0.717) is 20.8 Å². The first-order valence-electron chi connectivity index (χ1n) is 3.46. The third-order valence-electron chi connectivity index (χ3n) is 1.60. The van der Waals surface area contributed by atoms with Gasteiger partial charge in [-0.15, -0.1) is 0 Å². The van der Waals surface area contributed by atoms with Crippen LogP contribution in [0, 0.1) is 6.92 Å². The minimum Gasteiger partial charge on any atom is -0.465 e. The Labute approximate surface area is 89.2 Å². The number of nitrogens with zero attached hydrogens (tertiary/aromatic N) is 1. The van der Waals surface area contributed by atoms with Gasteiger partial charge in [-0.05, 0) is 22.9 Å². The second-order valence-electron chi connectivity index (χ2n) is 2.39. The Balaban J connectivity index is 3.33. The summed E-state index contributed by atoms with van der Waals surface area (Å²) in [6.07, 6.45) is 1.47. The summed E-state index contributed by atoms with van der Waals surface area (Å²) in [4.78, 5) is 15.1. The second kappa shape index (κ2) is 4.07. The van der Waals surface area contributed by atoms with Crippen LogP contribution in [0.15, 0.2) is 10.7 Å². The Kier molecular flexibility index (Phi) is 3.27. The lowest BCUT2D eigenvalue weighted by Gasteiger charge is -2.06. The lowest BCUT2D eigenvalue weighted by Crippen LogP contribution is -2.06. The predicted octanol–water partition coefficient (Wildman–Crippen LogP) is 2.59. The predicted molar refractivity (Wildman–Crippen MR) is 53.0 cm³/mol. The third-order valence-corrected chi connectivity index (χ3v) is 2.59. The molecule has 0 atom stereocenters. The fraction of sp³-hybridized carbons (Fsp3) is 0.250. The molecule has 3 nitrogen and oxygen atoms in total. The smallest absolute Gasteiger partial charge is 0.339 e. The van der Waals surface area contributed by atoms with Crippen molar-refractivity contribution in [2.24, 2.45) is 0 Å². The molecular formula is C8H7BrClNO2. The molecule has 0 saturated carbocycles. The van der Waals surface area contributed by atoms with Crippen molar-refractivity contribution in [1.82, 2.24) is 4.98 Å². The first-order valence-corrected chi connectivity index (χ1v) is 4.64. The lowest BCUT2D eigenvalue weighted by atomic mass is 10.2. The van der Waals surface area contributed by atoms with E-state index < -0.39 is 5.97 Å². The molecular weight excluding hydrogens is 257 g/mol. The van der Waals surface area contributed by atoms with Gasteiger partial charge in [0.15, 0.2) is 0 Å². The van der Waals surface area contributed by atoms with Crippen molar-refractivity contribution in [1.29, 1.82) is 0 Å². The Hall–Kier alpha value is -0.610. The average Bonchev–Trinajstić information content (AvgIpc) is 2.12. The van der Waals surface area contributed by atoms with Gasteiger partial charge in [0, 0.05) is 11.8 Å². The monoisotopic (exact) mass is 263 g/mol. The van der Waals surface area contributed by atoms with Crippen LogP contribution in [0.25, 0.3) is 0 Å². The second-order valence-corrected chi connectivity index (χ2v) is 3.60. The molecule has 0 bridgehead atoms. The zero-order chi connectivity index (χ0) is 10.0. The maximum Gasteiger partial charge on any atom is 0.339 e. The minimum absolute atomic E-state index is 0.309. The first-order chi connectivity index (χ1) is 6.07. The normalized spacial score (nSPS) is 9.85. The minimum atomic E-state index is -0.423. The Morgan fingerprint density at radius 1 is 1.69 bits per heavy atom. The number of pyridine rings is 1. The summed E-state index contributed by atoms with van der Waals surface area (Å²) >= 11 is 8.95. The molecule has 0 aliphatic heterocycles. The molecule has 1 aromatic heterocycles. The topological polar surface area (TPSA) is 39.2 Å². The molecule has 1 heterocycles. The van der Waals surface area contributed by atoms with Crippen molar-refractivity contribution in [2.45, 2.75) is 6.92 Å². The Bertz CT molecular complexity index is 354. The summed E-state index contributed by atoms with van der Waals surface area (Å²) in [5.41, 5.74) is 1.03. The van der Waals surface area contributed by atoms with E-state index in [0.717, 1.165) is 0 Å². The molecule has 0 unspecified atom stereocenters. The highest BCUT2D eigenvalue weighted by Crippen LogP contribution is 2.24. The summed E-state index contributed by atoms with van der Waals surface area (Å²) in [5, 5.41) is 0.309. The fourth-order valence-corrected chi connectivity index (χ4v) is 1.61. The Morgan fingerprint density at radius 3 is 2.85 bits per heavy atom. The van der Waals surface area contributed by atoms with Crippen LogP contribution < -0.4 is 0 Å².